The summed E-state index contributed by atoms with van der Waals surface area (Å²) < 4.78 is 13.1. The maximum Gasteiger partial charge on any atom is 0.274 e. The van der Waals surface area contributed by atoms with Gasteiger partial charge in [0.1, 0.15) is 17.3 Å². The van der Waals surface area contributed by atoms with Crippen LogP contribution in [0.25, 0.3) is 0 Å². The molecule has 5 nitrogen and oxygen atoms in total. The van der Waals surface area contributed by atoms with Gasteiger partial charge in [0.15, 0.2) is 0 Å². The van der Waals surface area contributed by atoms with Crippen molar-refractivity contribution in [2.24, 2.45) is 0 Å². The van der Waals surface area contributed by atoms with Crippen molar-refractivity contribution in [3.63, 3.8) is 0 Å². The van der Waals surface area contributed by atoms with Crippen molar-refractivity contribution in [1.29, 1.82) is 0 Å². The van der Waals surface area contributed by atoms with Gasteiger partial charge in [0.05, 0.1) is 12.4 Å². The van der Waals surface area contributed by atoms with Gasteiger partial charge in [0.2, 0.25) is 0 Å². The van der Waals surface area contributed by atoms with Crippen LogP contribution >= 0.6 is 0 Å². The van der Waals surface area contributed by atoms with Crippen molar-refractivity contribution in [3.05, 3.63) is 48.2 Å². The quantitative estimate of drug-likeness (QED) is 0.847. The highest BCUT2D eigenvalue weighted by molar-refractivity contribution is 5.92. The normalized spacial score (nSPS) is 10.4. The third-order valence-electron chi connectivity index (χ3n) is 3.24. The summed E-state index contributed by atoms with van der Waals surface area (Å²) in [7, 11) is 0. The van der Waals surface area contributed by atoms with Gasteiger partial charge in [-0.2, -0.15) is 0 Å². The van der Waals surface area contributed by atoms with Crippen LogP contribution in [0.5, 0.6) is 0 Å². The SMILES string of the molecule is CCCN(CCC)C(=O)c1cnc(Nc2cccc(F)c2)cn1. The number of nitrogens with zero attached hydrogens (tertiary/aromatic N) is 3. The van der Waals surface area contributed by atoms with Crippen LogP contribution in [-0.2, 0) is 0 Å². The summed E-state index contributed by atoms with van der Waals surface area (Å²) in [4.78, 5) is 22.5. The van der Waals surface area contributed by atoms with E-state index in [-0.39, 0.29) is 11.7 Å². The lowest BCUT2D eigenvalue weighted by atomic mass is 10.3. The molecule has 1 aromatic carbocycles. The molecule has 1 amide bonds. The van der Waals surface area contributed by atoms with Crippen molar-refractivity contribution >= 4 is 17.4 Å². The third kappa shape index (κ3) is 4.74. The average molecular weight is 316 g/mol. The van der Waals surface area contributed by atoms with E-state index in [2.05, 4.69) is 15.3 Å². The molecule has 1 N–H and O–H groups in total. The molecule has 0 atom stereocenters. The first-order chi connectivity index (χ1) is 11.1. The minimum absolute atomic E-state index is 0.112. The van der Waals surface area contributed by atoms with Gasteiger partial charge in [-0.1, -0.05) is 19.9 Å². The minimum Gasteiger partial charge on any atom is -0.339 e. The molecule has 6 heteroatoms. The maximum absolute atomic E-state index is 13.1. The zero-order valence-corrected chi connectivity index (χ0v) is 13.4. The van der Waals surface area contributed by atoms with Crippen molar-refractivity contribution in [3.8, 4) is 0 Å². The lowest BCUT2D eigenvalue weighted by Gasteiger charge is -2.20. The lowest BCUT2D eigenvalue weighted by molar-refractivity contribution is 0.0749. The Morgan fingerprint density at radius 1 is 1.17 bits per heavy atom. The van der Waals surface area contributed by atoms with E-state index in [1.807, 2.05) is 13.8 Å². The molecule has 1 aromatic heterocycles. The number of nitrogens with one attached hydrogen (secondary N) is 1. The van der Waals surface area contributed by atoms with Crippen molar-refractivity contribution in [2.75, 3.05) is 18.4 Å². The molecular weight excluding hydrogens is 295 g/mol. The van der Waals surface area contributed by atoms with Gasteiger partial charge >= 0.3 is 0 Å². The highest BCUT2D eigenvalue weighted by Gasteiger charge is 2.15. The molecule has 2 aromatic rings. The fourth-order valence-electron chi connectivity index (χ4n) is 2.23. The second-order valence-electron chi connectivity index (χ2n) is 5.21. The molecular formula is C17H21FN4O. The summed E-state index contributed by atoms with van der Waals surface area (Å²) in [5.41, 5.74) is 0.897. The Hall–Kier alpha value is -2.50. The first-order valence-electron chi connectivity index (χ1n) is 7.78. The van der Waals surface area contributed by atoms with E-state index in [1.54, 1.807) is 17.0 Å². The number of hydrogen-bond donors (Lipinski definition) is 1. The first-order valence-corrected chi connectivity index (χ1v) is 7.78. The number of anilines is 2. The van der Waals surface area contributed by atoms with Crippen molar-refractivity contribution in [1.82, 2.24) is 14.9 Å². The summed E-state index contributed by atoms with van der Waals surface area (Å²) in [5, 5.41) is 2.95. The Balaban J connectivity index is 2.07. The van der Waals surface area contributed by atoms with Gasteiger partial charge < -0.3 is 10.2 Å². The smallest absolute Gasteiger partial charge is 0.274 e. The Labute approximate surface area is 135 Å². The highest BCUT2D eigenvalue weighted by atomic mass is 19.1. The van der Waals surface area contributed by atoms with Crippen LogP contribution < -0.4 is 5.32 Å². The largest absolute Gasteiger partial charge is 0.339 e. The second kappa shape index (κ2) is 8.22. The summed E-state index contributed by atoms with van der Waals surface area (Å²) in [6.45, 7) is 5.48. The van der Waals surface area contributed by atoms with Crippen LogP contribution in [-0.4, -0.2) is 33.9 Å². The van der Waals surface area contributed by atoms with Gasteiger partial charge in [0.25, 0.3) is 5.91 Å². The predicted octanol–water partition coefficient (Wildman–Crippen LogP) is 3.62. The lowest BCUT2D eigenvalue weighted by Crippen LogP contribution is -2.33. The van der Waals surface area contributed by atoms with Crippen LogP contribution in [0.1, 0.15) is 37.2 Å². The van der Waals surface area contributed by atoms with Crippen LogP contribution in [0.15, 0.2) is 36.7 Å². The van der Waals surface area contributed by atoms with E-state index in [1.165, 1.54) is 24.5 Å². The Bertz CT molecular complexity index is 639. The minimum atomic E-state index is -0.329. The fourth-order valence-corrected chi connectivity index (χ4v) is 2.23. The number of rotatable bonds is 7. The molecule has 0 radical (unpaired) electrons. The monoisotopic (exact) mass is 316 g/mol. The first kappa shape index (κ1) is 16.9. The van der Waals surface area contributed by atoms with Crippen molar-refractivity contribution < 1.29 is 9.18 Å². The van der Waals surface area contributed by atoms with E-state index >= 15 is 0 Å². The predicted molar refractivity (Wildman–Crippen MR) is 88.2 cm³/mol. The molecule has 0 saturated carbocycles. The summed E-state index contributed by atoms with van der Waals surface area (Å²) in [6.07, 6.45) is 4.73. The van der Waals surface area contributed by atoms with E-state index in [9.17, 15) is 9.18 Å². The highest BCUT2D eigenvalue weighted by Crippen LogP contribution is 2.15. The topological polar surface area (TPSA) is 58.1 Å². The van der Waals surface area contributed by atoms with Gasteiger partial charge in [0, 0.05) is 18.8 Å². The average Bonchev–Trinajstić information content (AvgIpc) is 2.55. The zero-order chi connectivity index (χ0) is 16.7. The molecule has 0 unspecified atom stereocenters. The van der Waals surface area contributed by atoms with E-state index in [0.29, 0.717) is 30.3 Å². The Morgan fingerprint density at radius 3 is 2.48 bits per heavy atom. The summed E-state index contributed by atoms with van der Waals surface area (Å²) >= 11 is 0. The molecule has 0 fully saturated rings. The molecule has 0 aliphatic heterocycles. The van der Waals surface area contributed by atoms with Gasteiger partial charge in [-0.05, 0) is 31.0 Å². The molecule has 0 aliphatic rings. The standard InChI is InChI=1S/C17H21FN4O/c1-3-8-22(9-4-2)17(23)15-11-20-16(12-19-15)21-14-7-5-6-13(18)10-14/h5-7,10-12H,3-4,8-9H2,1-2H3,(H,20,21). The van der Waals surface area contributed by atoms with E-state index in [0.717, 1.165) is 12.8 Å². The number of carbonyl (C=O) groups is 1. The number of benzene rings is 1. The van der Waals surface area contributed by atoms with E-state index in [4.69, 9.17) is 0 Å². The van der Waals surface area contributed by atoms with Crippen molar-refractivity contribution in [2.45, 2.75) is 26.7 Å². The van der Waals surface area contributed by atoms with Crippen LogP contribution in [0.2, 0.25) is 0 Å². The number of aromatic nitrogens is 2. The molecule has 0 spiro atoms. The molecule has 0 saturated heterocycles. The fraction of sp³-hybridized carbons (Fsp3) is 0.353. The number of hydrogen-bond acceptors (Lipinski definition) is 4. The van der Waals surface area contributed by atoms with Gasteiger partial charge in [-0.3, -0.25) is 4.79 Å². The van der Waals surface area contributed by atoms with Crippen LogP contribution in [0.4, 0.5) is 15.9 Å². The van der Waals surface area contributed by atoms with Gasteiger partial charge in [-0.25, -0.2) is 14.4 Å². The number of amides is 1. The Morgan fingerprint density at radius 2 is 1.91 bits per heavy atom. The number of halogens is 1. The number of carbonyl (C=O) groups excluding carboxylic acids is 1. The van der Waals surface area contributed by atoms with Gasteiger partial charge in [-0.15, -0.1) is 0 Å². The molecule has 122 valence electrons. The molecule has 23 heavy (non-hydrogen) atoms. The Kier molecular flexibility index (Phi) is 6.02. The molecule has 1 heterocycles. The van der Waals surface area contributed by atoms with Crippen LogP contribution in [0, 0.1) is 5.82 Å². The zero-order valence-electron chi connectivity index (χ0n) is 13.4. The van der Waals surface area contributed by atoms with E-state index < -0.39 is 0 Å². The second-order valence-corrected chi connectivity index (χ2v) is 5.21. The molecule has 2 rings (SSSR count). The maximum atomic E-state index is 13.1. The van der Waals surface area contributed by atoms with Crippen LogP contribution in [0.3, 0.4) is 0 Å². The summed E-state index contributed by atoms with van der Waals surface area (Å²) in [6, 6.07) is 6.07. The molecule has 0 bridgehead atoms. The molecule has 0 aliphatic carbocycles. The third-order valence-corrected chi connectivity index (χ3v) is 3.24. The summed E-state index contributed by atoms with van der Waals surface area (Å²) in [5.74, 6) is 0.0210.